The van der Waals surface area contributed by atoms with E-state index in [1.54, 1.807) is 19.1 Å². The molecular weight excluding hydrogens is 261 g/mol. The van der Waals surface area contributed by atoms with E-state index in [1.807, 2.05) is 20.8 Å². The third kappa shape index (κ3) is 3.85. The summed E-state index contributed by atoms with van der Waals surface area (Å²) in [5, 5.41) is 0.343. The maximum atomic E-state index is 13.6. The summed E-state index contributed by atoms with van der Waals surface area (Å²) in [6.45, 7) is 7.30. The van der Waals surface area contributed by atoms with Crippen LogP contribution in [0.25, 0.3) is 0 Å². The third-order valence-corrected chi connectivity index (χ3v) is 4.28. The van der Waals surface area contributed by atoms with Crippen LogP contribution in [0.3, 0.4) is 0 Å². The van der Waals surface area contributed by atoms with Gasteiger partial charge >= 0.3 is 0 Å². The van der Waals surface area contributed by atoms with Crippen molar-refractivity contribution in [1.29, 1.82) is 0 Å². The van der Waals surface area contributed by atoms with E-state index in [2.05, 4.69) is 4.72 Å². The summed E-state index contributed by atoms with van der Waals surface area (Å²) >= 11 is 4.68. The van der Waals surface area contributed by atoms with Crippen molar-refractivity contribution in [2.45, 2.75) is 38.5 Å². The Morgan fingerprint density at radius 3 is 2.47 bits per heavy atom. The van der Waals surface area contributed by atoms with Gasteiger partial charge in [0.05, 0.1) is 6.04 Å². The van der Waals surface area contributed by atoms with Crippen molar-refractivity contribution in [2.24, 2.45) is 0 Å². The SMILES string of the molecule is CC(N[S+]([O-])C(C)(C)C)c1c(F)cccc1Cl. The van der Waals surface area contributed by atoms with Crippen LogP contribution < -0.4 is 4.72 Å². The predicted molar refractivity (Wildman–Crippen MR) is 70.9 cm³/mol. The van der Waals surface area contributed by atoms with Gasteiger partial charge in [-0.25, -0.2) is 4.39 Å². The van der Waals surface area contributed by atoms with Crippen LogP contribution in [0.5, 0.6) is 0 Å². The molecule has 0 heterocycles. The zero-order valence-corrected chi connectivity index (χ0v) is 12.0. The van der Waals surface area contributed by atoms with E-state index >= 15 is 0 Å². The molecule has 0 spiro atoms. The van der Waals surface area contributed by atoms with E-state index < -0.39 is 22.2 Å². The van der Waals surface area contributed by atoms with Crippen LogP contribution in [0.15, 0.2) is 18.2 Å². The number of hydrogen-bond donors (Lipinski definition) is 1. The lowest BCUT2D eigenvalue weighted by molar-refractivity contribution is 0.522. The van der Waals surface area contributed by atoms with E-state index in [1.165, 1.54) is 6.07 Å². The van der Waals surface area contributed by atoms with Gasteiger partial charge in [0.2, 0.25) is 0 Å². The quantitative estimate of drug-likeness (QED) is 0.857. The topological polar surface area (TPSA) is 35.1 Å². The largest absolute Gasteiger partial charge is 0.598 e. The predicted octanol–water partition coefficient (Wildman–Crippen LogP) is 3.59. The fraction of sp³-hybridized carbons (Fsp3) is 0.500. The first-order valence-corrected chi connectivity index (χ1v) is 6.88. The van der Waals surface area contributed by atoms with Crippen molar-refractivity contribution >= 4 is 23.0 Å². The minimum Gasteiger partial charge on any atom is -0.598 e. The maximum Gasteiger partial charge on any atom is 0.136 e. The maximum absolute atomic E-state index is 13.6. The molecule has 0 aliphatic rings. The van der Waals surface area contributed by atoms with E-state index in [4.69, 9.17) is 11.6 Å². The molecule has 0 aliphatic heterocycles. The molecule has 0 aliphatic carbocycles. The lowest BCUT2D eigenvalue weighted by Gasteiger charge is -2.27. The van der Waals surface area contributed by atoms with E-state index in [0.717, 1.165) is 0 Å². The Bertz CT molecular complexity index is 374. The molecule has 1 aromatic carbocycles. The highest BCUT2D eigenvalue weighted by Gasteiger charge is 2.29. The fourth-order valence-electron chi connectivity index (χ4n) is 1.32. The van der Waals surface area contributed by atoms with Gasteiger partial charge < -0.3 is 4.55 Å². The van der Waals surface area contributed by atoms with Gasteiger partial charge in [-0.05, 0) is 39.8 Å². The summed E-state index contributed by atoms with van der Waals surface area (Å²) in [6.07, 6.45) is 0. The van der Waals surface area contributed by atoms with Gasteiger partial charge in [0.1, 0.15) is 10.6 Å². The van der Waals surface area contributed by atoms with Crippen LogP contribution in [0.2, 0.25) is 5.02 Å². The van der Waals surface area contributed by atoms with E-state index in [-0.39, 0.29) is 5.82 Å². The summed E-state index contributed by atoms with van der Waals surface area (Å²) in [7, 11) is 0. The monoisotopic (exact) mass is 277 g/mol. The Labute approximate surface area is 110 Å². The molecule has 0 fully saturated rings. The molecule has 17 heavy (non-hydrogen) atoms. The van der Waals surface area contributed by atoms with Gasteiger partial charge in [-0.1, -0.05) is 17.7 Å². The molecule has 96 valence electrons. The molecule has 1 N–H and O–H groups in total. The lowest BCUT2D eigenvalue weighted by Crippen LogP contribution is -2.40. The summed E-state index contributed by atoms with van der Waals surface area (Å²) in [4.78, 5) is 0. The van der Waals surface area contributed by atoms with Crippen LogP contribution in [-0.2, 0) is 11.4 Å². The van der Waals surface area contributed by atoms with Crippen molar-refractivity contribution in [3.8, 4) is 0 Å². The number of benzene rings is 1. The Morgan fingerprint density at radius 2 is 2.00 bits per heavy atom. The second-order valence-electron chi connectivity index (χ2n) is 4.86. The molecule has 0 aromatic heterocycles. The van der Waals surface area contributed by atoms with Crippen molar-refractivity contribution in [2.75, 3.05) is 0 Å². The summed E-state index contributed by atoms with van der Waals surface area (Å²) < 4.78 is 28.0. The molecule has 0 bridgehead atoms. The zero-order chi connectivity index (χ0) is 13.2. The summed E-state index contributed by atoms with van der Waals surface area (Å²) in [5.41, 5.74) is 0.353. The van der Waals surface area contributed by atoms with E-state index in [9.17, 15) is 8.94 Å². The van der Waals surface area contributed by atoms with Crippen molar-refractivity contribution in [1.82, 2.24) is 4.72 Å². The van der Waals surface area contributed by atoms with Gasteiger partial charge in [-0.3, -0.25) is 0 Å². The molecule has 0 amide bonds. The fourth-order valence-corrected chi connectivity index (χ4v) is 2.44. The van der Waals surface area contributed by atoms with Gasteiger partial charge in [0, 0.05) is 21.9 Å². The van der Waals surface area contributed by atoms with Crippen molar-refractivity contribution < 1.29 is 8.94 Å². The summed E-state index contributed by atoms with van der Waals surface area (Å²) in [6, 6.07) is 4.12. The smallest absolute Gasteiger partial charge is 0.136 e. The molecule has 2 atom stereocenters. The molecule has 5 heteroatoms. The van der Waals surface area contributed by atoms with Crippen LogP contribution in [0.4, 0.5) is 4.39 Å². The molecule has 0 radical (unpaired) electrons. The molecular formula is C12H17ClFNOS. The van der Waals surface area contributed by atoms with Crippen LogP contribution in [0, 0.1) is 5.82 Å². The number of hydrogen-bond acceptors (Lipinski definition) is 2. The Hall–Kier alpha value is -0.290. The van der Waals surface area contributed by atoms with Crippen molar-refractivity contribution in [3.63, 3.8) is 0 Å². The second-order valence-corrected chi connectivity index (χ2v) is 7.26. The molecule has 1 aromatic rings. The Morgan fingerprint density at radius 1 is 1.41 bits per heavy atom. The molecule has 2 nitrogen and oxygen atoms in total. The third-order valence-electron chi connectivity index (χ3n) is 2.27. The lowest BCUT2D eigenvalue weighted by atomic mass is 10.1. The van der Waals surface area contributed by atoms with Gasteiger partial charge in [0.15, 0.2) is 0 Å². The highest BCUT2D eigenvalue weighted by molar-refractivity contribution is 7.90. The van der Waals surface area contributed by atoms with Crippen LogP contribution in [-0.4, -0.2) is 9.30 Å². The number of nitrogens with one attached hydrogen (secondary N) is 1. The van der Waals surface area contributed by atoms with Gasteiger partial charge in [-0.2, -0.15) is 0 Å². The minimum absolute atomic E-state index is 0.343. The van der Waals surface area contributed by atoms with E-state index in [0.29, 0.717) is 10.6 Å². The standard InChI is InChI=1S/C12H17ClFNOS/c1-8(15-17(16)12(2,3)4)11-9(13)6-5-7-10(11)14/h5-8,15H,1-4H3. The molecule has 1 rings (SSSR count). The number of halogens is 2. The normalized spacial score (nSPS) is 15.7. The molecule has 0 saturated heterocycles. The van der Waals surface area contributed by atoms with Crippen LogP contribution >= 0.6 is 11.6 Å². The first-order valence-electron chi connectivity index (χ1n) is 5.35. The van der Waals surface area contributed by atoms with Crippen molar-refractivity contribution in [3.05, 3.63) is 34.6 Å². The summed E-state index contributed by atoms with van der Waals surface area (Å²) in [5.74, 6) is -0.386. The highest BCUT2D eigenvalue weighted by atomic mass is 35.5. The number of rotatable bonds is 3. The average molecular weight is 278 g/mol. The molecule has 0 saturated carbocycles. The first kappa shape index (κ1) is 14.8. The highest BCUT2D eigenvalue weighted by Crippen LogP contribution is 2.27. The average Bonchev–Trinajstić information content (AvgIpc) is 2.15. The zero-order valence-electron chi connectivity index (χ0n) is 10.4. The second kappa shape index (κ2) is 5.57. The Kier molecular flexibility index (Phi) is 4.84. The first-order chi connectivity index (χ1) is 7.73. The van der Waals surface area contributed by atoms with Gasteiger partial charge in [-0.15, -0.1) is 4.72 Å². The van der Waals surface area contributed by atoms with Crippen LogP contribution in [0.1, 0.15) is 39.3 Å². The minimum atomic E-state index is -1.26. The Balaban J connectivity index is 2.87. The van der Waals surface area contributed by atoms with Gasteiger partial charge in [0.25, 0.3) is 0 Å². The molecule has 2 unspecified atom stereocenters.